The third-order valence-electron chi connectivity index (χ3n) is 4.09. The van der Waals surface area contributed by atoms with Gasteiger partial charge in [-0.15, -0.1) is 0 Å². The van der Waals surface area contributed by atoms with Crippen molar-refractivity contribution < 1.29 is 0 Å². The van der Waals surface area contributed by atoms with E-state index in [9.17, 15) is 0 Å². The quantitative estimate of drug-likeness (QED) is 0.305. The van der Waals surface area contributed by atoms with Crippen LogP contribution in [0.25, 0.3) is 11.0 Å². The van der Waals surface area contributed by atoms with E-state index in [1.54, 1.807) is 10.8 Å². The molecule has 1 heterocycles. The molecule has 0 aliphatic carbocycles. The van der Waals surface area contributed by atoms with E-state index in [0.29, 0.717) is 0 Å². The fourth-order valence-electron chi connectivity index (χ4n) is 2.71. The zero-order chi connectivity index (χ0) is 16.2. The van der Waals surface area contributed by atoms with E-state index in [2.05, 4.69) is 29.0 Å². The number of fused-ring (bicyclic) bond motifs is 1. The molecule has 1 N–H and O–H groups in total. The van der Waals surface area contributed by atoms with Crippen LogP contribution in [-0.2, 0) is 0 Å². The van der Waals surface area contributed by atoms with Crippen LogP contribution in [0.15, 0.2) is 29.4 Å². The van der Waals surface area contributed by atoms with Gasteiger partial charge in [0.2, 0.25) is 0 Å². The van der Waals surface area contributed by atoms with Crippen molar-refractivity contribution in [3.63, 3.8) is 0 Å². The molecular weight excluding hydrogens is 320 g/mol. The van der Waals surface area contributed by atoms with Crippen LogP contribution in [0.3, 0.4) is 0 Å². The van der Waals surface area contributed by atoms with Crippen LogP contribution in [0.5, 0.6) is 0 Å². The zero-order valence-electron chi connectivity index (χ0n) is 14.4. The van der Waals surface area contributed by atoms with Gasteiger partial charge in [0.1, 0.15) is 0 Å². The van der Waals surface area contributed by atoms with Gasteiger partial charge in [-0.2, -0.15) is 0 Å². The fourth-order valence-corrected chi connectivity index (χ4v) is 4.69. The Bertz CT molecular complexity index is 506. The normalized spacial score (nSPS) is 11.3. The summed E-state index contributed by atoms with van der Waals surface area (Å²) in [7, 11) is 3.70. The predicted octanol–water partition coefficient (Wildman–Crippen LogP) is 7.22. The molecule has 2 rings (SSSR count). The number of H-pyrrole nitrogens is 1. The van der Waals surface area contributed by atoms with E-state index in [1.807, 2.05) is 22.9 Å². The van der Waals surface area contributed by atoms with Gasteiger partial charge in [-0.05, 0) is 29.3 Å². The molecule has 0 aliphatic rings. The maximum atomic E-state index is 4.59. The number of para-hydroxylation sites is 2. The number of unbranched alkanes of at least 4 members (excludes halogenated alkanes) is 9. The number of imidazole rings is 1. The number of hydrogen-bond donors (Lipinski definition) is 1. The van der Waals surface area contributed by atoms with Crippen LogP contribution in [0.1, 0.15) is 71.1 Å². The second-order valence-electron chi connectivity index (χ2n) is 6.15. The van der Waals surface area contributed by atoms with Crippen molar-refractivity contribution in [3.8, 4) is 0 Å². The fraction of sp³-hybridized carbons (Fsp3) is 0.632. The van der Waals surface area contributed by atoms with Gasteiger partial charge in [0.25, 0.3) is 0 Å². The lowest BCUT2D eigenvalue weighted by Crippen LogP contribution is -1.83. The summed E-state index contributed by atoms with van der Waals surface area (Å²) in [5, 5.41) is 1.03. The monoisotopic (exact) mass is 350 g/mol. The summed E-state index contributed by atoms with van der Waals surface area (Å²) >= 11 is 0. The zero-order valence-corrected chi connectivity index (χ0v) is 16.0. The minimum atomic E-state index is 1.03. The van der Waals surface area contributed by atoms with E-state index >= 15 is 0 Å². The van der Waals surface area contributed by atoms with E-state index in [1.165, 1.54) is 70.0 Å². The summed E-state index contributed by atoms with van der Waals surface area (Å²) in [5.41, 5.74) is 2.20. The van der Waals surface area contributed by atoms with Crippen molar-refractivity contribution in [2.24, 2.45) is 0 Å². The average Bonchev–Trinajstić information content (AvgIpc) is 2.98. The number of nitrogens with zero attached hydrogens (tertiary/aromatic N) is 1. The van der Waals surface area contributed by atoms with E-state index in [4.69, 9.17) is 0 Å². The SMILES string of the molecule is CCCCCCCCCCCCSSc1nc2ccccc2[nH]1. The summed E-state index contributed by atoms with van der Waals surface area (Å²) in [5.74, 6) is 1.22. The minimum Gasteiger partial charge on any atom is -0.332 e. The highest BCUT2D eigenvalue weighted by atomic mass is 33.1. The standard InChI is InChI=1S/C19H30N2S2/c1-2-3-4-5-6-7-8-9-10-13-16-22-23-19-20-17-14-11-12-15-18(17)21-19/h11-12,14-15H,2-10,13,16H2,1H3,(H,20,21). The average molecular weight is 351 g/mol. The van der Waals surface area contributed by atoms with E-state index in [0.717, 1.165) is 16.2 Å². The van der Waals surface area contributed by atoms with Gasteiger partial charge >= 0.3 is 0 Å². The molecule has 0 atom stereocenters. The highest BCUT2D eigenvalue weighted by Crippen LogP contribution is 2.31. The lowest BCUT2D eigenvalue weighted by atomic mass is 10.1. The Morgan fingerprint density at radius 1 is 0.870 bits per heavy atom. The summed E-state index contributed by atoms with van der Waals surface area (Å²) in [4.78, 5) is 7.95. The largest absolute Gasteiger partial charge is 0.332 e. The first kappa shape index (κ1) is 18.7. The van der Waals surface area contributed by atoms with Crippen LogP contribution in [0.2, 0.25) is 0 Å². The third-order valence-corrected chi connectivity index (χ3v) is 6.34. The van der Waals surface area contributed by atoms with Crippen LogP contribution < -0.4 is 0 Å². The molecule has 0 spiro atoms. The lowest BCUT2D eigenvalue weighted by molar-refractivity contribution is 0.563. The van der Waals surface area contributed by atoms with Crippen molar-refractivity contribution >= 4 is 32.6 Å². The molecule has 0 fully saturated rings. The first-order valence-electron chi connectivity index (χ1n) is 9.14. The molecule has 1 aromatic heterocycles. The topological polar surface area (TPSA) is 28.7 Å². The molecule has 23 heavy (non-hydrogen) atoms. The second kappa shape index (κ2) is 11.9. The number of nitrogens with one attached hydrogen (secondary N) is 1. The summed E-state index contributed by atoms with van der Waals surface area (Å²) in [6, 6.07) is 8.22. The van der Waals surface area contributed by atoms with Gasteiger partial charge in [-0.1, -0.05) is 87.6 Å². The molecular formula is C19H30N2S2. The third kappa shape index (κ3) is 7.67. The lowest BCUT2D eigenvalue weighted by Gasteiger charge is -2.02. The smallest absolute Gasteiger partial charge is 0.177 e. The molecule has 2 aromatic rings. The Labute approximate surface area is 149 Å². The molecule has 128 valence electrons. The predicted molar refractivity (Wildman–Crippen MR) is 106 cm³/mol. The van der Waals surface area contributed by atoms with Gasteiger partial charge in [-0.25, -0.2) is 4.98 Å². The molecule has 0 aliphatic heterocycles. The van der Waals surface area contributed by atoms with E-state index < -0.39 is 0 Å². The van der Waals surface area contributed by atoms with Crippen LogP contribution in [0.4, 0.5) is 0 Å². The van der Waals surface area contributed by atoms with Gasteiger partial charge < -0.3 is 4.98 Å². The molecule has 2 nitrogen and oxygen atoms in total. The highest BCUT2D eigenvalue weighted by molar-refractivity contribution is 8.76. The molecule has 0 saturated heterocycles. The summed E-state index contributed by atoms with van der Waals surface area (Å²) in [6.45, 7) is 2.28. The van der Waals surface area contributed by atoms with Crippen molar-refractivity contribution in [1.29, 1.82) is 0 Å². The molecule has 0 saturated carbocycles. The maximum absolute atomic E-state index is 4.59. The number of benzene rings is 1. The first-order chi connectivity index (χ1) is 11.4. The van der Waals surface area contributed by atoms with Gasteiger partial charge in [-0.3, -0.25) is 0 Å². The van der Waals surface area contributed by atoms with Crippen LogP contribution in [0, 0.1) is 0 Å². The molecule has 1 aromatic carbocycles. The molecule has 0 amide bonds. The van der Waals surface area contributed by atoms with Gasteiger partial charge in [0.05, 0.1) is 11.0 Å². The Balaban J connectivity index is 1.42. The second-order valence-corrected chi connectivity index (χ2v) is 8.55. The Hall–Kier alpha value is -0.610. The van der Waals surface area contributed by atoms with Crippen molar-refractivity contribution in [1.82, 2.24) is 9.97 Å². The minimum absolute atomic E-state index is 1.03. The Morgan fingerprint density at radius 2 is 1.52 bits per heavy atom. The maximum Gasteiger partial charge on any atom is 0.177 e. The molecule has 4 heteroatoms. The molecule has 0 bridgehead atoms. The molecule has 0 radical (unpaired) electrons. The Morgan fingerprint density at radius 3 is 2.22 bits per heavy atom. The van der Waals surface area contributed by atoms with Crippen molar-refractivity contribution in [2.45, 2.75) is 76.3 Å². The van der Waals surface area contributed by atoms with Gasteiger partial charge in [0, 0.05) is 5.75 Å². The number of hydrogen-bond acceptors (Lipinski definition) is 3. The van der Waals surface area contributed by atoms with Crippen LogP contribution in [-0.4, -0.2) is 15.7 Å². The number of rotatable bonds is 13. The summed E-state index contributed by atoms with van der Waals surface area (Å²) in [6.07, 6.45) is 14.1. The number of aromatic amines is 1. The van der Waals surface area contributed by atoms with E-state index in [-0.39, 0.29) is 0 Å². The van der Waals surface area contributed by atoms with Gasteiger partial charge in [0.15, 0.2) is 5.16 Å². The number of aromatic nitrogens is 2. The highest BCUT2D eigenvalue weighted by Gasteiger charge is 2.02. The molecule has 0 unspecified atom stereocenters. The Kier molecular flexibility index (Phi) is 9.65. The van der Waals surface area contributed by atoms with Crippen molar-refractivity contribution in [3.05, 3.63) is 24.3 Å². The first-order valence-corrected chi connectivity index (χ1v) is 11.5. The van der Waals surface area contributed by atoms with Crippen molar-refractivity contribution in [2.75, 3.05) is 5.75 Å². The summed E-state index contributed by atoms with van der Waals surface area (Å²) < 4.78 is 0. The van der Waals surface area contributed by atoms with Crippen LogP contribution >= 0.6 is 21.6 Å².